The minimum atomic E-state index is -0.545. The van der Waals surface area contributed by atoms with Crippen LogP contribution < -0.4 is 15.8 Å². The van der Waals surface area contributed by atoms with Gasteiger partial charge in [0, 0.05) is 22.7 Å². The van der Waals surface area contributed by atoms with Crippen molar-refractivity contribution in [2.24, 2.45) is 5.73 Å². The van der Waals surface area contributed by atoms with E-state index in [1.165, 1.54) is 7.11 Å². The average molecular weight is 370 g/mol. The topological polar surface area (TPSA) is 90.1 Å². The Kier molecular flexibility index (Phi) is 4.60. The molecule has 0 atom stereocenters. The number of aromatic nitrogens is 2. The summed E-state index contributed by atoms with van der Waals surface area (Å²) in [4.78, 5) is 20.8. The number of nitrogens with one attached hydrogen (secondary N) is 1. The van der Waals surface area contributed by atoms with Gasteiger partial charge in [0.05, 0.1) is 23.9 Å². The molecule has 4 aromatic rings. The van der Waals surface area contributed by atoms with Crippen molar-refractivity contribution in [1.29, 1.82) is 0 Å². The van der Waals surface area contributed by atoms with Crippen LogP contribution in [-0.4, -0.2) is 23.0 Å². The van der Waals surface area contributed by atoms with Crippen LogP contribution in [0.2, 0.25) is 0 Å². The number of primary amides is 1. The molecule has 6 heteroatoms. The van der Waals surface area contributed by atoms with E-state index in [1.54, 1.807) is 18.2 Å². The molecule has 28 heavy (non-hydrogen) atoms. The molecular weight excluding hydrogens is 352 g/mol. The maximum Gasteiger partial charge on any atom is 0.252 e. The maximum absolute atomic E-state index is 11.5. The Bertz CT molecular complexity index is 1160. The first-order chi connectivity index (χ1) is 13.7. The Morgan fingerprint density at radius 1 is 0.964 bits per heavy atom. The summed E-state index contributed by atoms with van der Waals surface area (Å²) in [5, 5.41) is 4.17. The van der Waals surface area contributed by atoms with Gasteiger partial charge in [-0.3, -0.25) is 4.79 Å². The van der Waals surface area contributed by atoms with Gasteiger partial charge in [-0.25, -0.2) is 9.97 Å². The van der Waals surface area contributed by atoms with Crippen molar-refractivity contribution in [2.45, 2.75) is 0 Å². The van der Waals surface area contributed by atoms with Gasteiger partial charge in [0.1, 0.15) is 5.75 Å². The van der Waals surface area contributed by atoms with Crippen LogP contribution in [0.15, 0.2) is 72.8 Å². The highest BCUT2D eigenvalue weighted by molar-refractivity contribution is 5.96. The molecule has 138 valence electrons. The Morgan fingerprint density at radius 3 is 2.46 bits per heavy atom. The number of hydrogen-bond acceptors (Lipinski definition) is 5. The number of hydrogen-bond donors (Lipinski definition) is 2. The molecule has 0 aliphatic heterocycles. The SMILES string of the molecule is COc1cc(Nc2nc(-c3ccccc3)c3ccccc3n2)ccc1C(N)=O. The van der Waals surface area contributed by atoms with E-state index < -0.39 is 5.91 Å². The van der Waals surface area contributed by atoms with Crippen LogP contribution in [0.1, 0.15) is 10.4 Å². The predicted octanol–water partition coefficient (Wildman–Crippen LogP) is 4.15. The molecule has 1 aromatic heterocycles. The zero-order valence-electron chi connectivity index (χ0n) is 15.2. The number of carbonyl (C=O) groups is 1. The lowest BCUT2D eigenvalue weighted by Crippen LogP contribution is -2.12. The molecular formula is C22H18N4O2. The molecule has 0 saturated carbocycles. The van der Waals surface area contributed by atoms with E-state index in [4.69, 9.17) is 15.5 Å². The summed E-state index contributed by atoms with van der Waals surface area (Å²) in [5.74, 6) is 0.296. The Morgan fingerprint density at radius 2 is 1.71 bits per heavy atom. The number of nitrogens with two attached hydrogens (primary N) is 1. The largest absolute Gasteiger partial charge is 0.496 e. The number of amides is 1. The number of ether oxygens (including phenoxy) is 1. The van der Waals surface area contributed by atoms with Crippen LogP contribution in [0.5, 0.6) is 5.75 Å². The third-order valence-corrected chi connectivity index (χ3v) is 4.37. The molecule has 0 unspecified atom stereocenters. The summed E-state index contributed by atoms with van der Waals surface area (Å²) in [5.41, 5.74) is 9.06. The smallest absolute Gasteiger partial charge is 0.252 e. The lowest BCUT2D eigenvalue weighted by atomic mass is 10.1. The van der Waals surface area contributed by atoms with Gasteiger partial charge < -0.3 is 15.8 Å². The molecule has 6 nitrogen and oxygen atoms in total. The predicted molar refractivity (Wildman–Crippen MR) is 110 cm³/mol. The summed E-state index contributed by atoms with van der Waals surface area (Å²) in [6.45, 7) is 0. The highest BCUT2D eigenvalue weighted by Gasteiger charge is 2.12. The van der Waals surface area contributed by atoms with E-state index in [1.807, 2.05) is 54.6 Å². The zero-order valence-corrected chi connectivity index (χ0v) is 15.2. The number of para-hydroxylation sites is 1. The molecule has 4 rings (SSSR count). The molecule has 3 N–H and O–H groups in total. The van der Waals surface area contributed by atoms with E-state index in [-0.39, 0.29) is 0 Å². The second-order valence-electron chi connectivity index (χ2n) is 6.18. The molecule has 0 spiro atoms. The molecule has 0 bridgehead atoms. The lowest BCUT2D eigenvalue weighted by molar-refractivity contribution is 0.0997. The molecule has 0 aliphatic rings. The van der Waals surface area contributed by atoms with E-state index in [9.17, 15) is 4.79 Å². The molecule has 0 aliphatic carbocycles. The van der Waals surface area contributed by atoms with Crippen LogP contribution in [0.3, 0.4) is 0 Å². The maximum atomic E-state index is 11.5. The fraction of sp³-hybridized carbons (Fsp3) is 0.0455. The second-order valence-corrected chi connectivity index (χ2v) is 6.18. The highest BCUT2D eigenvalue weighted by Crippen LogP contribution is 2.29. The van der Waals surface area contributed by atoms with Crippen molar-refractivity contribution < 1.29 is 9.53 Å². The molecule has 0 fully saturated rings. The average Bonchev–Trinajstić information content (AvgIpc) is 2.73. The Hall–Kier alpha value is -3.93. The van der Waals surface area contributed by atoms with Crippen LogP contribution >= 0.6 is 0 Å². The number of carbonyl (C=O) groups excluding carboxylic acids is 1. The summed E-state index contributed by atoms with van der Waals surface area (Å²) < 4.78 is 5.27. The first-order valence-electron chi connectivity index (χ1n) is 8.73. The zero-order chi connectivity index (χ0) is 19.5. The Labute approximate surface area is 162 Å². The van der Waals surface area contributed by atoms with Gasteiger partial charge in [0.25, 0.3) is 5.91 Å². The van der Waals surface area contributed by atoms with Crippen molar-refractivity contribution in [3.63, 3.8) is 0 Å². The normalized spacial score (nSPS) is 10.6. The van der Waals surface area contributed by atoms with Crippen LogP contribution in [0.4, 0.5) is 11.6 Å². The first kappa shape index (κ1) is 17.5. The first-order valence-corrected chi connectivity index (χ1v) is 8.73. The number of methoxy groups -OCH3 is 1. The highest BCUT2D eigenvalue weighted by atomic mass is 16.5. The van der Waals surface area contributed by atoms with Crippen LogP contribution in [0.25, 0.3) is 22.2 Å². The van der Waals surface area contributed by atoms with Gasteiger partial charge >= 0.3 is 0 Å². The van der Waals surface area contributed by atoms with Gasteiger partial charge in [-0.1, -0.05) is 48.5 Å². The van der Waals surface area contributed by atoms with E-state index in [0.29, 0.717) is 22.9 Å². The fourth-order valence-electron chi connectivity index (χ4n) is 3.05. The monoisotopic (exact) mass is 370 g/mol. The summed E-state index contributed by atoms with van der Waals surface area (Å²) in [6, 6.07) is 22.9. The van der Waals surface area contributed by atoms with Gasteiger partial charge in [-0.15, -0.1) is 0 Å². The number of anilines is 2. The summed E-state index contributed by atoms with van der Waals surface area (Å²) in [6.07, 6.45) is 0. The molecule has 0 radical (unpaired) electrons. The fourth-order valence-corrected chi connectivity index (χ4v) is 3.05. The van der Waals surface area contributed by atoms with Gasteiger partial charge in [0.15, 0.2) is 0 Å². The second kappa shape index (κ2) is 7.36. The van der Waals surface area contributed by atoms with E-state index in [2.05, 4.69) is 10.3 Å². The Balaban J connectivity index is 1.79. The minimum absolute atomic E-state index is 0.317. The lowest BCUT2D eigenvalue weighted by Gasteiger charge is -2.12. The molecule has 1 heterocycles. The number of fused-ring (bicyclic) bond motifs is 1. The summed E-state index contributed by atoms with van der Waals surface area (Å²) >= 11 is 0. The van der Waals surface area contributed by atoms with Gasteiger partial charge in [0.2, 0.25) is 5.95 Å². The third kappa shape index (κ3) is 3.35. The minimum Gasteiger partial charge on any atom is -0.496 e. The van der Waals surface area contributed by atoms with Crippen molar-refractivity contribution in [3.8, 4) is 17.0 Å². The van der Waals surface area contributed by atoms with Crippen LogP contribution in [0, 0.1) is 0 Å². The number of rotatable bonds is 5. The van der Waals surface area contributed by atoms with Crippen LogP contribution in [-0.2, 0) is 0 Å². The summed E-state index contributed by atoms with van der Waals surface area (Å²) in [7, 11) is 1.49. The van der Waals surface area contributed by atoms with Crippen molar-refractivity contribution in [3.05, 3.63) is 78.4 Å². The van der Waals surface area contributed by atoms with Gasteiger partial charge in [-0.2, -0.15) is 0 Å². The molecule has 0 saturated heterocycles. The third-order valence-electron chi connectivity index (χ3n) is 4.37. The number of nitrogens with zero attached hydrogens (tertiary/aromatic N) is 2. The van der Waals surface area contributed by atoms with Gasteiger partial charge in [-0.05, 0) is 18.2 Å². The molecule has 1 amide bonds. The van der Waals surface area contributed by atoms with Crippen molar-refractivity contribution >= 4 is 28.4 Å². The van der Waals surface area contributed by atoms with Crippen molar-refractivity contribution in [1.82, 2.24) is 9.97 Å². The number of benzene rings is 3. The van der Waals surface area contributed by atoms with E-state index in [0.717, 1.165) is 22.2 Å². The quantitative estimate of drug-likeness (QED) is 0.551. The van der Waals surface area contributed by atoms with Crippen molar-refractivity contribution in [2.75, 3.05) is 12.4 Å². The standard InChI is InChI=1S/C22H18N4O2/c1-28-19-13-15(11-12-17(19)21(23)27)24-22-25-18-10-6-5-9-16(18)20(26-22)14-7-3-2-4-8-14/h2-13H,1H3,(H2,23,27)(H,24,25,26). The molecule has 3 aromatic carbocycles. The van der Waals surface area contributed by atoms with E-state index >= 15 is 0 Å².